The average molecular weight is 394 g/mol. The molecule has 8 heteroatoms. The van der Waals surface area contributed by atoms with Crippen molar-refractivity contribution in [3.8, 4) is 0 Å². The third-order valence-corrected chi connectivity index (χ3v) is 5.86. The highest BCUT2D eigenvalue weighted by molar-refractivity contribution is 7.90. The Balaban J connectivity index is 1.77. The number of aromatic nitrogens is 1. The maximum atomic E-state index is 11.5. The van der Waals surface area contributed by atoms with Gasteiger partial charge in [0.2, 0.25) is 0 Å². The Morgan fingerprint density at radius 1 is 1.16 bits per heavy atom. The molecule has 1 aromatic heterocycles. The number of hydrogen-bond donors (Lipinski definition) is 2. The molecule has 2 aromatic carbocycles. The van der Waals surface area contributed by atoms with Gasteiger partial charge in [-0.25, -0.2) is 13.4 Å². The first kappa shape index (κ1) is 17.9. The second-order valence-corrected chi connectivity index (χ2v) is 8.78. The van der Waals surface area contributed by atoms with Crippen LogP contribution in [0.5, 0.6) is 0 Å². The van der Waals surface area contributed by atoms with Crippen molar-refractivity contribution in [1.29, 1.82) is 0 Å². The molecule has 0 aliphatic heterocycles. The number of halogens is 1. The van der Waals surface area contributed by atoms with Crippen LogP contribution in [0.4, 0.5) is 10.8 Å². The fourth-order valence-electron chi connectivity index (χ4n) is 2.28. The normalized spacial score (nSPS) is 12.8. The maximum absolute atomic E-state index is 11.5. The summed E-state index contributed by atoms with van der Waals surface area (Å²) in [6, 6.07) is 13.5. The van der Waals surface area contributed by atoms with Gasteiger partial charge < -0.3 is 11.1 Å². The number of rotatable bonds is 5. The Morgan fingerprint density at radius 3 is 2.48 bits per heavy atom. The van der Waals surface area contributed by atoms with Gasteiger partial charge in [0.1, 0.15) is 0 Å². The Bertz CT molecular complexity index is 985. The van der Waals surface area contributed by atoms with Gasteiger partial charge in [-0.05, 0) is 35.9 Å². The molecule has 0 fully saturated rings. The van der Waals surface area contributed by atoms with E-state index >= 15 is 0 Å². The van der Waals surface area contributed by atoms with Crippen LogP contribution in [0.3, 0.4) is 0 Å². The number of nitrogens with zero attached hydrogens (tertiary/aromatic N) is 1. The van der Waals surface area contributed by atoms with Crippen molar-refractivity contribution in [3.63, 3.8) is 0 Å². The van der Waals surface area contributed by atoms with Crippen LogP contribution in [0.15, 0.2) is 58.8 Å². The fourth-order valence-corrected chi connectivity index (χ4v) is 3.93. The summed E-state index contributed by atoms with van der Waals surface area (Å²) < 4.78 is 23.0. The molecular formula is C17H16ClN3O2S2. The lowest BCUT2D eigenvalue weighted by Gasteiger charge is -2.11. The van der Waals surface area contributed by atoms with Gasteiger partial charge in [0.25, 0.3) is 0 Å². The molecule has 3 aromatic rings. The Hall–Kier alpha value is -1.93. The summed E-state index contributed by atoms with van der Waals surface area (Å²) >= 11 is 7.61. The average Bonchev–Trinajstić information content (AvgIpc) is 3.03. The third kappa shape index (κ3) is 4.19. The lowest BCUT2D eigenvalue weighted by atomic mass is 10.1. The second-order valence-electron chi connectivity index (χ2n) is 5.50. The summed E-state index contributed by atoms with van der Waals surface area (Å²) in [5, 5.41) is 6.30. The predicted molar refractivity (Wildman–Crippen MR) is 102 cm³/mol. The summed E-state index contributed by atoms with van der Waals surface area (Å²) in [7, 11) is -3.20. The highest BCUT2D eigenvalue weighted by atomic mass is 35.5. The highest BCUT2D eigenvalue weighted by Crippen LogP contribution is 2.29. The summed E-state index contributed by atoms with van der Waals surface area (Å²) in [6.45, 7) is 0. The molecule has 0 amide bonds. The zero-order chi connectivity index (χ0) is 18.0. The molecule has 0 saturated heterocycles. The summed E-state index contributed by atoms with van der Waals surface area (Å²) in [5.41, 5.74) is 8.54. The minimum atomic E-state index is -3.20. The van der Waals surface area contributed by atoms with Crippen molar-refractivity contribution in [2.75, 3.05) is 11.6 Å². The van der Waals surface area contributed by atoms with Crippen LogP contribution in [-0.4, -0.2) is 19.7 Å². The first-order valence-electron chi connectivity index (χ1n) is 7.37. The first-order chi connectivity index (χ1) is 11.8. The number of sulfone groups is 1. The summed E-state index contributed by atoms with van der Waals surface area (Å²) in [6.07, 6.45) is 1.18. The van der Waals surface area contributed by atoms with E-state index in [1.165, 1.54) is 17.6 Å². The van der Waals surface area contributed by atoms with Gasteiger partial charge in [-0.3, -0.25) is 0 Å². The van der Waals surface area contributed by atoms with Crippen molar-refractivity contribution in [2.24, 2.45) is 5.73 Å². The van der Waals surface area contributed by atoms with Gasteiger partial charge in [0.15, 0.2) is 15.0 Å². The van der Waals surface area contributed by atoms with E-state index in [1.807, 2.05) is 23.6 Å². The maximum Gasteiger partial charge on any atom is 0.187 e. The van der Waals surface area contributed by atoms with Gasteiger partial charge in [-0.1, -0.05) is 29.8 Å². The largest absolute Gasteiger partial charge is 0.332 e. The van der Waals surface area contributed by atoms with E-state index in [1.54, 1.807) is 30.3 Å². The fraction of sp³-hybridized carbons (Fsp3) is 0.118. The number of thiazole rings is 1. The van der Waals surface area contributed by atoms with Crippen molar-refractivity contribution in [3.05, 3.63) is 70.2 Å². The standard InChI is InChI=1S/C17H16ClN3O2S2/c1-25(22,23)12-8-6-11(7-9-12)20-17-21-15(10-24-17)16(19)13-4-2-3-5-14(13)18/h2-10,16H,19H2,1H3,(H,20,21). The zero-order valence-electron chi connectivity index (χ0n) is 13.3. The smallest absolute Gasteiger partial charge is 0.187 e. The van der Waals surface area contributed by atoms with Crippen LogP contribution in [-0.2, 0) is 9.84 Å². The number of hydrogen-bond acceptors (Lipinski definition) is 6. The topological polar surface area (TPSA) is 85.1 Å². The molecule has 1 unspecified atom stereocenters. The van der Waals surface area contributed by atoms with E-state index in [0.29, 0.717) is 15.8 Å². The molecular weight excluding hydrogens is 378 g/mol. The van der Waals surface area contributed by atoms with Crippen LogP contribution < -0.4 is 11.1 Å². The van der Waals surface area contributed by atoms with Crippen LogP contribution in [0.1, 0.15) is 17.3 Å². The Morgan fingerprint density at radius 2 is 1.84 bits per heavy atom. The van der Waals surface area contributed by atoms with Crippen molar-refractivity contribution >= 4 is 43.6 Å². The molecule has 0 radical (unpaired) electrons. The minimum Gasteiger partial charge on any atom is -0.332 e. The summed E-state index contributed by atoms with van der Waals surface area (Å²) in [4.78, 5) is 4.78. The van der Waals surface area contributed by atoms with E-state index in [9.17, 15) is 8.42 Å². The van der Waals surface area contributed by atoms with Crippen molar-refractivity contribution in [1.82, 2.24) is 4.98 Å². The molecule has 1 heterocycles. The number of nitrogens with two attached hydrogens (primary N) is 1. The monoisotopic (exact) mass is 393 g/mol. The van der Waals surface area contributed by atoms with Gasteiger partial charge in [-0.15, -0.1) is 11.3 Å². The van der Waals surface area contributed by atoms with Crippen molar-refractivity contribution in [2.45, 2.75) is 10.9 Å². The molecule has 3 N–H and O–H groups in total. The van der Waals surface area contributed by atoms with Crippen LogP contribution in [0, 0.1) is 0 Å². The molecule has 3 rings (SSSR count). The highest BCUT2D eigenvalue weighted by Gasteiger charge is 2.15. The zero-order valence-corrected chi connectivity index (χ0v) is 15.7. The molecule has 0 spiro atoms. The molecule has 1 atom stereocenters. The van der Waals surface area contributed by atoms with Crippen LogP contribution >= 0.6 is 22.9 Å². The van der Waals surface area contributed by atoms with E-state index in [-0.39, 0.29) is 4.90 Å². The SMILES string of the molecule is CS(=O)(=O)c1ccc(Nc2nc(C(N)c3ccccc3Cl)cs2)cc1. The number of anilines is 2. The van der Waals surface area contributed by atoms with Crippen LogP contribution in [0.25, 0.3) is 0 Å². The predicted octanol–water partition coefficient (Wildman–Crippen LogP) is 3.99. The lowest BCUT2D eigenvalue weighted by molar-refractivity contribution is 0.602. The molecule has 25 heavy (non-hydrogen) atoms. The first-order valence-corrected chi connectivity index (χ1v) is 10.5. The van der Waals surface area contributed by atoms with Gasteiger partial charge in [-0.2, -0.15) is 0 Å². The van der Waals surface area contributed by atoms with Crippen molar-refractivity contribution < 1.29 is 8.42 Å². The molecule has 130 valence electrons. The molecule has 5 nitrogen and oxygen atoms in total. The number of benzene rings is 2. The minimum absolute atomic E-state index is 0.276. The quantitative estimate of drug-likeness (QED) is 0.684. The van der Waals surface area contributed by atoms with Gasteiger partial charge in [0, 0.05) is 22.3 Å². The van der Waals surface area contributed by atoms with E-state index in [4.69, 9.17) is 17.3 Å². The Labute approximate surface area is 155 Å². The molecule has 0 aliphatic carbocycles. The molecule has 0 bridgehead atoms. The van der Waals surface area contributed by atoms with E-state index < -0.39 is 15.9 Å². The molecule has 0 saturated carbocycles. The van der Waals surface area contributed by atoms with E-state index in [2.05, 4.69) is 10.3 Å². The van der Waals surface area contributed by atoms with Gasteiger partial charge >= 0.3 is 0 Å². The second kappa shape index (κ2) is 7.13. The Kier molecular flexibility index (Phi) is 5.10. The summed E-state index contributed by atoms with van der Waals surface area (Å²) in [5.74, 6) is 0. The number of nitrogens with one attached hydrogen (secondary N) is 1. The third-order valence-electron chi connectivity index (χ3n) is 3.61. The lowest BCUT2D eigenvalue weighted by Crippen LogP contribution is -2.12. The van der Waals surface area contributed by atoms with E-state index in [0.717, 1.165) is 11.3 Å². The van der Waals surface area contributed by atoms with Gasteiger partial charge in [0.05, 0.1) is 16.6 Å². The molecule has 0 aliphatic rings. The van der Waals surface area contributed by atoms with Crippen LogP contribution in [0.2, 0.25) is 5.02 Å².